The fourth-order valence-electron chi connectivity index (χ4n) is 3.08. The number of benzene rings is 2. The van der Waals surface area contributed by atoms with E-state index in [2.05, 4.69) is 25.3 Å². The number of alkyl halides is 4. The van der Waals surface area contributed by atoms with Gasteiger partial charge < -0.3 is 29.8 Å². The second kappa shape index (κ2) is 9.37. The van der Waals surface area contributed by atoms with Crippen LogP contribution in [0.15, 0.2) is 61.1 Å². The molecule has 0 saturated carbocycles. The lowest BCUT2D eigenvalue weighted by molar-refractivity contribution is -0.253. The molecule has 2 aromatic carbocycles. The number of aryl methyl sites for hydroxylation is 1. The van der Waals surface area contributed by atoms with E-state index in [0.717, 1.165) is 12.1 Å². The van der Waals surface area contributed by atoms with E-state index in [1.807, 2.05) is 0 Å². The molecule has 9 nitrogen and oxygen atoms in total. The number of carbonyl (C=O) groups excluding carboxylic acids is 1. The van der Waals surface area contributed by atoms with Gasteiger partial charge in [-0.3, -0.25) is 0 Å². The van der Waals surface area contributed by atoms with Crippen molar-refractivity contribution in [1.82, 2.24) is 14.5 Å². The summed E-state index contributed by atoms with van der Waals surface area (Å²) in [4.78, 5) is 20.5. The number of rotatable bonds is 7. The largest absolute Gasteiger partial charge is 0.506 e. The minimum Gasteiger partial charge on any atom is -0.506 e. The highest BCUT2D eigenvalue weighted by Gasteiger charge is 2.44. The quantitative estimate of drug-likeness (QED) is 0.238. The highest BCUT2D eigenvalue weighted by Crippen LogP contribution is 2.33. The minimum absolute atomic E-state index is 0.0122. The van der Waals surface area contributed by atoms with Crippen LogP contribution in [0.25, 0.3) is 11.0 Å². The number of hydrogen-bond acceptors (Lipinski definition) is 6. The molecule has 0 radical (unpaired) electrons. The zero-order valence-corrected chi connectivity index (χ0v) is 17.9. The molecule has 13 heteroatoms. The summed E-state index contributed by atoms with van der Waals surface area (Å²) < 4.78 is 62.3. The molecule has 35 heavy (non-hydrogen) atoms. The SMILES string of the molecule is Cn1ccc2ncnc(Oc3ccc(NC(=O)Nc4cccc(OC(F)(F)C(F)F)c4)c(O)c3)c21. The summed E-state index contributed by atoms with van der Waals surface area (Å²) in [6.45, 7) is 0. The zero-order valence-electron chi connectivity index (χ0n) is 17.9. The van der Waals surface area contributed by atoms with Crippen LogP contribution in [0.2, 0.25) is 0 Å². The standard InChI is InChI=1S/C22H17F4N5O4/c1-31-8-7-16-18(31)19(28-11-27-16)34-13-5-6-15(17(32)10-13)30-21(33)29-12-3-2-4-14(9-12)35-22(25,26)20(23)24/h2-11,20,32H,1H3,(H2,29,30,33). The number of phenols is 1. The highest BCUT2D eigenvalue weighted by atomic mass is 19.3. The number of urea groups is 1. The maximum absolute atomic E-state index is 13.1. The summed E-state index contributed by atoms with van der Waals surface area (Å²) in [6.07, 6.45) is -5.58. The molecule has 0 spiro atoms. The number of hydrogen-bond donors (Lipinski definition) is 3. The number of carbonyl (C=O) groups is 1. The van der Waals surface area contributed by atoms with E-state index in [-0.39, 0.29) is 28.8 Å². The number of halogens is 4. The molecule has 2 heterocycles. The molecular weight excluding hydrogens is 474 g/mol. The van der Waals surface area contributed by atoms with Crippen molar-refractivity contribution in [1.29, 1.82) is 0 Å². The van der Waals surface area contributed by atoms with E-state index in [0.29, 0.717) is 11.0 Å². The summed E-state index contributed by atoms with van der Waals surface area (Å²) >= 11 is 0. The summed E-state index contributed by atoms with van der Waals surface area (Å²) in [7, 11) is 1.80. The first-order chi connectivity index (χ1) is 16.6. The van der Waals surface area contributed by atoms with E-state index in [9.17, 15) is 27.5 Å². The van der Waals surface area contributed by atoms with Gasteiger partial charge in [0.15, 0.2) is 0 Å². The van der Waals surface area contributed by atoms with Crippen molar-refractivity contribution in [2.75, 3.05) is 10.6 Å². The van der Waals surface area contributed by atoms with Crippen molar-refractivity contribution in [3.05, 3.63) is 61.1 Å². The second-order valence-electron chi connectivity index (χ2n) is 7.19. The van der Waals surface area contributed by atoms with Crippen LogP contribution in [0.3, 0.4) is 0 Å². The van der Waals surface area contributed by atoms with Crippen molar-refractivity contribution < 1.29 is 36.9 Å². The summed E-state index contributed by atoms with van der Waals surface area (Å²) in [6, 6.07) is 9.59. The molecule has 0 saturated heterocycles. The molecule has 0 fully saturated rings. The van der Waals surface area contributed by atoms with Gasteiger partial charge in [0.05, 0.1) is 11.2 Å². The first kappa shape index (κ1) is 23.6. The Hall–Kier alpha value is -4.55. The van der Waals surface area contributed by atoms with Crippen LogP contribution >= 0.6 is 0 Å². The summed E-state index contributed by atoms with van der Waals surface area (Å²) in [5.41, 5.74) is 1.31. The summed E-state index contributed by atoms with van der Waals surface area (Å²) in [5.74, 6) is -0.405. The van der Waals surface area contributed by atoms with E-state index in [1.54, 1.807) is 23.9 Å². The van der Waals surface area contributed by atoms with Crippen LogP contribution < -0.4 is 20.1 Å². The van der Waals surface area contributed by atoms with Crippen LogP contribution in [0.1, 0.15) is 0 Å². The maximum atomic E-state index is 13.1. The number of nitrogens with one attached hydrogen (secondary N) is 2. The van der Waals surface area contributed by atoms with Gasteiger partial charge in [0.2, 0.25) is 5.88 Å². The number of aromatic hydroxyl groups is 1. The molecule has 0 bridgehead atoms. The van der Waals surface area contributed by atoms with Gasteiger partial charge in [0.1, 0.15) is 29.1 Å². The lowest BCUT2D eigenvalue weighted by atomic mass is 10.2. The van der Waals surface area contributed by atoms with E-state index < -0.39 is 24.3 Å². The molecule has 4 rings (SSSR count). The molecule has 0 aliphatic carbocycles. The topological polar surface area (TPSA) is 111 Å². The molecule has 0 aliphatic heterocycles. The van der Waals surface area contributed by atoms with Crippen LogP contribution in [-0.2, 0) is 7.05 Å². The third kappa shape index (κ3) is 5.34. The van der Waals surface area contributed by atoms with Crippen molar-refractivity contribution in [2.24, 2.45) is 7.05 Å². The number of amides is 2. The smallest absolute Gasteiger partial charge is 0.461 e. The fourth-order valence-corrected chi connectivity index (χ4v) is 3.08. The maximum Gasteiger partial charge on any atom is 0.461 e. The Labute approximate surface area is 194 Å². The minimum atomic E-state index is -4.69. The van der Waals surface area contributed by atoms with Gasteiger partial charge in [-0.25, -0.2) is 9.78 Å². The van der Waals surface area contributed by atoms with Gasteiger partial charge in [0.25, 0.3) is 0 Å². The van der Waals surface area contributed by atoms with Gasteiger partial charge in [-0.15, -0.1) is 0 Å². The Morgan fingerprint density at radius 3 is 2.63 bits per heavy atom. The van der Waals surface area contributed by atoms with Crippen LogP contribution in [0.4, 0.5) is 33.7 Å². The highest BCUT2D eigenvalue weighted by molar-refractivity contribution is 6.00. The molecule has 182 valence electrons. The predicted octanol–water partition coefficient (Wildman–Crippen LogP) is 5.35. The molecule has 2 amide bonds. The lowest BCUT2D eigenvalue weighted by Crippen LogP contribution is -2.33. The number of ether oxygens (including phenoxy) is 2. The van der Waals surface area contributed by atoms with Crippen molar-refractivity contribution in [3.63, 3.8) is 0 Å². The normalized spacial score (nSPS) is 11.5. The van der Waals surface area contributed by atoms with Gasteiger partial charge in [0, 0.05) is 31.1 Å². The van der Waals surface area contributed by atoms with Crippen LogP contribution in [0, 0.1) is 0 Å². The first-order valence-corrected chi connectivity index (χ1v) is 9.92. The molecular formula is C22H17F4N5O4. The number of phenolic OH excluding ortho intramolecular Hbond substituents is 1. The average molecular weight is 491 g/mol. The van der Waals surface area contributed by atoms with Gasteiger partial charge in [-0.05, 0) is 30.3 Å². The lowest BCUT2D eigenvalue weighted by Gasteiger charge is -2.17. The van der Waals surface area contributed by atoms with E-state index >= 15 is 0 Å². The van der Waals surface area contributed by atoms with Crippen LogP contribution in [0.5, 0.6) is 23.1 Å². The van der Waals surface area contributed by atoms with Gasteiger partial charge in [-0.1, -0.05) is 6.07 Å². The van der Waals surface area contributed by atoms with Crippen molar-refractivity contribution in [2.45, 2.75) is 12.5 Å². The monoisotopic (exact) mass is 491 g/mol. The Morgan fingerprint density at radius 1 is 1.09 bits per heavy atom. The summed E-state index contributed by atoms with van der Waals surface area (Å²) in [5, 5.41) is 15.0. The molecule has 0 aliphatic rings. The van der Waals surface area contributed by atoms with E-state index in [1.165, 1.54) is 36.7 Å². The Kier molecular flexibility index (Phi) is 6.32. The van der Waals surface area contributed by atoms with Crippen molar-refractivity contribution in [3.8, 4) is 23.1 Å². The number of nitrogens with zero attached hydrogens (tertiary/aromatic N) is 3. The first-order valence-electron chi connectivity index (χ1n) is 9.92. The number of anilines is 2. The molecule has 2 aromatic heterocycles. The molecule has 3 N–H and O–H groups in total. The Bertz CT molecular complexity index is 1380. The molecule has 4 aromatic rings. The van der Waals surface area contributed by atoms with Gasteiger partial charge >= 0.3 is 18.6 Å². The Morgan fingerprint density at radius 2 is 1.89 bits per heavy atom. The molecule has 0 unspecified atom stereocenters. The van der Waals surface area contributed by atoms with Gasteiger partial charge in [-0.2, -0.15) is 22.5 Å². The number of aromatic nitrogens is 3. The second-order valence-corrected chi connectivity index (χ2v) is 7.19. The van der Waals surface area contributed by atoms with Crippen LogP contribution in [-0.4, -0.2) is 38.2 Å². The Balaban J connectivity index is 1.42. The fraction of sp³-hybridized carbons (Fsp3) is 0.136. The number of fused-ring (bicyclic) bond motifs is 1. The zero-order chi connectivity index (χ0) is 25.2. The third-order valence-corrected chi connectivity index (χ3v) is 4.66. The van der Waals surface area contributed by atoms with E-state index in [4.69, 9.17) is 4.74 Å². The predicted molar refractivity (Wildman–Crippen MR) is 117 cm³/mol. The molecule has 0 atom stereocenters. The third-order valence-electron chi connectivity index (χ3n) is 4.66. The van der Waals surface area contributed by atoms with Crippen molar-refractivity contribution >= 4 is 28.4 Å². The average Bonchev–Trinajstić information content (AvgIpc) is 3.17.